The third-order valence-electron chi connectivity index (χ3n) is 5.35. The Morgan fingerprint density at radius 3 is 2.41 bits per heavy atom. The number of nitrogens with zero attached hydrogens (tertiary/aromatic N) is 2. The maximum absolute atomic E-state index is 12.9. The monoisotopic (exact) mass is 310 g/mol. The molecule has 2 heterocycles. The van der Waals surface area contributed by atoms with Gasteiger partial charge in [-0.1, -0.05) is 26.7 Å². The zero-order valence-corrected chi connectivity index (χ0v) is 14.8. The van der Waals surface area contributed by atoms with Crippen molar-refractivity contribution in [2.75, 3.05) is 39.9 Å². The molecule has 1 atom stereocenters. The molecule has 0 N–H and O–H groups in total. The smallest absolute Gasteiger partial charge is 0.228 e. The Hall–Kier alpha value is -0.610. The number of carbonyl (C=O) groups is 1. The van der Waals surface area contributed by atoms with E-state index in [1.54, 1.807) is 7.11 Å². The van der Waals surface area contributed by atoms with Crippen LogP contribution in [0.1, 0.15) is 58.8 Å². The third kappa shape index (κ3) is 4.69. The first-order valence-electron chi connectivity index (χ1n) is 9.07. The van der Waals surface area contributed by atoms with E-state index in [9.17, 15) is 4.79 Å². The Kier molecular flexibility index (Phi) is 6.69. The molecule has 0 aromatic heterocycles. The van der Waals surface area contributed by atoms with Crippen molar-refractivity contribution in [2.45, 2.75) is 64.8 Å². The van der Waals surface area contributed by atoms with E-state index in [0.29, 0.717) is 18.6 Å². The molecule has 2 rings (SSSR count). The van der Waals surface area contributed by atoms with Crippen LogP contribution in [-0.2, 0) is 9.53 Å². The van der Waals surface area contributed by atoms with Gasteiger partial charge in [0.05, 0.1) is 0 Å². The molecular weight excluding hydrogens is 276 g/mol. The van der Waals surface area contributed by atoms with Crippen molar-refractivity contribution in [3.63, 3.8) is 0 Å². The zero-order chi connectivity index (χ0) is 16.0. The van der Waals surface area contributed by atoms with E-state index in [0.717, 1.165) is 25.9 Å². The third-order valence-corrected chi connectivity index (χ3v) is 5.35. The van der Waals surface area contributed by atoms with E-state index < -0.39 is 0 Å². The number of carbonyl (C=O) groups excluding carboxylic acids is 1. The first-order valence-corrected chi connectivity index (χ1v) is 9.07. The Morgan fingerprint density at radius 2 is 1.77 bits per heavy atom. The molecule has 0 unspecified atom stereocenters. The van der Waals surface area contributed by atoms with Gasteiger partial charge in [0.1, 0.15) is 0 Å². The summed E-state index contributed by atoms with van der Waals surface area (Å²) in [6.45, 7) is 9.07. The molecule has 2 fully saturated rings. The highest BCUT2D eigenvalue weighted by Crippen LogP contribution is 2.27. The summed E-state index contributed by atoms with van der Waals surface area (Å²) in [7, 11) is 1.71. The van der Waals surface area contributed by atoms with Gasteiger partial charge in [-0.3, -0.25) is 9.69 Å². The average molecular weight is 310 g/mol. The predicted molar refractivity (Wildman–Crippen MR) is 89.9 cm³/mol. The lowest BCUT2D eigenvalue weighted by Crippen LogP contribution is -2.53. The van der Waals surface area contributed by atoms with Gasteiger partial charge in [-0.15, -0.1) is 0 Å². The number of likely N-dealkylation sites (tertiary alicyclic amines) is 2. The Balaban J connectivity index is 1.92. The van der Waals surface area contributed by atoms with Gasteiger partial charge in [-0.05, 0) is 45.2 Å². The molecule has 0 bridgehead atoms. The van der Waals surface area contributed by atoms with Crippen LogP contribution in [0.15, 0.2) is 0 Å². The van der Waals surface area contributed by atoms with Crippen LogP contribution < -0.4 is 0 Å². The molecule has 2 aliphatic rings. The summed E-state index contributed by atoms with van der Waals surface area (Å²) in [5, 5.41) is 0. The summed E-state index contributed by atoms with van der Waals surface area (Å²) >= 11 is 0. The van der Waals surface area contributed by atoms with Crippen LogP contribution in [-0.4, -0.2) is 61.6 Å². The van der Waals surface area contributed by atoms with Crippen LogP contribution in [0.3, 0.4) is 0 Å². The molecule has 0 aliphatic carbocycles. The van der Waals surface area contributed by atoms with E-state index in [2.05, 4.69) is 23.6 Å². The minimum atomic E-state index is -0.309. The van der Waals surface area contributed by atoms with Crippen LogP contribution in [0.4, 0.5) is 0 Å². The molecule has 2 aliphatic heterocycles. The van der Waals surface area contributed by atoms with Crippen molar-refractivity contribution >= 4 is 5.91 Å². The first-order chi connectivity index (χ1) is 10.5. The largest absolute Gasteiger partial charge is 0.385 e. The quantitative estimate of drug-likeness (QED) is 0.783. The van der Waals surface area contributed by atoms with E-state index in [-0.39, 0.29) is 5.41 Å². The summed E-state index contributed by atoms with van der Waals surface area (Å²) in [6, 6.07) is 0.578. The van der Waals surface area contributed by atoms with Crippen molar-refractivity contribution in [1.29, 1.82) is 0 Å². The molecule has 0 radical (unpaired) electrons. The fourth-order valence-electron chi connectivity index (χ4n) is 3.79. The Morgan fingerprint density at radius 1 is 1.09 bits per heavy atom. The van der Waals surface area contributed by atoms with Gasteiger partial charge < -0.3 is 9.64 Å². The lowest BCUT2D eigenvalue weighted by molar-refractivity contribution is -0.143. The van der Waals surface area contributed by atoms with E-state index in [1.807, 2.05) is 0 Å². The Bertz CT molecular complexity index is 349. The SMILES string of the molecule is COCCC(C)(C)C(=O)N1CCC[C@H](N2CCCCCC2)C1. The first kappa shape index (κ1) is 17.7. The predicted octanol–water partition coefficient (Wildman–Crippen LogP) is 2.92. The molecule has 0 aromatic rings. The average Bonchev–Trinajstić information content (AvgIpc) is 2.81. The molecule has 1 amide bonds. The molecule has 0 aromatic carbocycles. The molecule has 4 heteroatoms. The molecule has 0 spiro atoms. The molecule has 128 valence electrons. The lowest BCUT2D eigenvalue weighted by atomic mass is 9.87. The highest BCUT2D eigenvalue weighted by Gasteiger charge is 2.35. The lowest BCUT2D eigenvalue weighted by Gasteiger charge is -2.41. The fraction of sp³-hybridized carbons (Fsp3) is 0.944. The second-order valence-corrected chi connectivity index (χ2v) is 7.62. The number of amides is 1. The second kappa shape index (κ2) is 8.30. The van der Waals surface area contributed by atoms with Crippen molar-refractivity contribution in [3.05, 3.63) is 0 Å². The van der Waals surface area contributed by atoms with E-state index in [4.69, 9.17) is 4.74 Å². The van der Waals surface area contributed by atoms with Gasteiger partial charge in [0, 0.05) is 38.3 Å². The number of piperidine rings is 1. The maximum atomic E-state index is 12.9. The van der Waals surface area contributed by atoms with Crippen LogP contribution in [0.25, 0.3) is 0 Å². The van der Waals surface area contributed by atoms with E-state index >= 15 is 0 Å². The van der Waals surface area contributed by atoms with Crippen LogP contribution in [0.2, 0.25) is 0 Å². The topological polar surface area (TPSA) is 32.8 Å². The number of methoxy groups -OCH3 is 1. The van der Waals surface area contributed by atoms with Gasteiger partial charge in [-0.2, -0.15) is 0 Å². The van der Waals surface area contributed by atoms with Crippen LogP contribution in [0.5, 0.6) is 0 Å². The van der Waals surface area contributed by atoms with Crippen molar-refractivity contribution < 1.29 is 9.53 Å². The number of ether oxygens (including phenoxy) is 1. The highest BCUT2D eigenvalue weighted by atomic mass is 16.5. The van der Waals surface area contributed by atoms with Gasteiger partial charge in [0.2, 0.25) is 5.91 Å². The van der Waals surface area contributed by atoms with Gasteiger partial charge >= 0.3 is 0 Å². The number of rotatable bonds is 5. The summed E-state index contributed by atoms with van der Waals surface area (Å²) in [5.74, 6) is 0.309. The van der Waals surface area contributed by atoms with Gasteiger partial charge in [-0.25, -0.2) is 0 Å². The standard InChI is InChI=1S/C18H34N2O2/c1-18(2,10-14-22-3)17(21)20-13-8-9-16(15-20)19-11-6-4-5-7-12-19/h16H,4-15H2,1-3H3/t16-/m0/s1. The minimum Gasteiger partial charge on any atom is -0.385 e. The molecule has 22 heavy (non-hydrogen) atoms. The van der Waals surface area contributed by atoms with Gasteiger partial charge in [0.25, 0.3) is 0 Å². The van der Waals surface area contributed by atoms with Gasteiger partial charge in [0.15, 0.2) is 0 Å². The zero-order valence-electron chi connectivity index (χ0n) is 14.8. The highest BCUT2D eigenvalue weighted by molar-refractivity contribution is 5.82. The fourth-order valence-corrected chi connectivity index (χ4v) is 3.79. The second-order valence-electron chi connectivity index (χ2n) is 7.62. The van der Waals surface area contributed by atoms with Crippen molar-refractivity contribution in [3.8, 4) is 0 Å². The summed E-state index contributed by atoms with van der Waals surface area (Å²) in [5.41, 5.74) is -0.309. The molecular formula is C18H34N2O2. The number of hydrogen-bond acceptors (Lipinski definition) is 3. The van der Waals surface area contributed by atoms with Crippen molar-refractivity contribution in [2.24, 2.45) is 5.41 Å². The normalized spacial score (nSPS) is 25.0. The van der Waals surface area contributed by atoms with E-state index in [1.165, 1.54) is 45.2 Å². The Labute approximate surface area is 136 Å². The summed E-state index contributed by atoms with van der Waals surface area (Å²) < 4.78 is 5.17. The van der Waals surface area contributed by atoms with Crippen molar-refractivity contribution in [1.82, 2.24) is 9.80 Å². The molecule has 4 nitrogen and oxygen atoms in total. The number of hydrogen-bond donors (Lipinski definition) is 0. The van der Waals surface area contributed by atoms with Crippen LogP contribution >= 0.6 is 0 Å². The molecule has 0 saturated carbocycles. The molecule has 2 saturated heterocycles. The maximum Gasteiger partial charge on any atom is 0.228 e. The summed E-state index contributed by atoms with van der Waals surface area (Å²) in [6.07, 6.45) is 8.59. The minimum absolute atomic E-state index is 0.309. The summed E-state index contributed by atoms with van der Waals surface area (Å²) in [4.78, 5) is 17.6. The van der Waals surface area contributed by atoms with Crippen LogP contribution in [0, 0.1) is 5.41 Å².